The molecular weight excluding hydrogens is 591 g/mol. The molecule has 1 saturated carbocycles. The van der Waals surface area contributed by atoms with Crippen molar-refractivity contribution in [2.45, 2.75) is 26.3 Å². The average molecular weight is 620 g/mol. The van der Waals surface area contributed by atoms with Crippen molar-refractivity contribution in [1.29, 1.82) is 0 Å². The van der Waals surface area contributed by atoms with Crippen molar-refractivity contribution in [3.63, 3.8) is 0 Å². The van der Waals surface area contributed by atoms with E-state index in [1.54, 1.807) is 48.7 Å². The predicted octanol–water partition coefficient (Wildman–Crippen LogP) is 4.02. The van der Waals surface area contributed by atoms with Crippen molar-refractivity contribution in [2.24, 2.45) is 5.41 Å². The Labute approximate surface area is 246 Å². The highest BCUT2D eigenvalue weighted by Crippen LogP contribution is 2.45. The van der Waals surface area contributed by atoms with Crippen molar-refractivity contribution in [2.75, 3.05) is 37.7 Å². The third kappa shape index (κ3) is 6.07. The van der Waals surface area contributed by atoms with Gasteiger partial charge in [0.1, 0.15) is 11.2 Å². The summed E-state index contributed by atoms with van der Waals surface area (Å²) in [6.45, 7) is 3.53. The zero-order valence-corrected chi connectivity index (χ0v) is 24.5. The van der Waals surface area contributed by atoms with Crippen LogP contribution >= 0.6 is 23.2 Å². The number of piperazine rings is 1. The molecule has 6 rings (SSSR count). The molecule has 216 valence electrons. The van der Waals surface area contributed by atoms with E-state index in [1.165, 1.54) is 8.99 Å². The molecule has 0 bridgehead atoms. The smallest absolute Gasteiger partial charge is 0.316 e. The zero-order chi connectivity index (χ0) is 28.8. The maximum absolute atomic E-state index is 13.6. The second-order valence-electron chi connectivity index (χ2n) is 10.6. The Kier molecular flexibility index (Phi) is 7.45. The first-order chi connectivity index (χ1) is 19.6. The molecule has 0 unspecified atom stereocenters. The van der Waals surface area contributed by atoms with Crippen LogP contribution in [0, 0.1) is 5.41 Å². The molecule has 1 saturated heterocycles. The molecule has 0 atom stereocenters. The van der Waals surface area contributed by atoms with Gasteiger partial charge in [-0.3, -0.25) is 4.79 Å². The van der Waals surface area contributed by atoms with E-state index in [0.717, 1.165) is 12.8 Å². The summed E-state index contributed by atoms with van der Waals surface area (Å²) in [7, 11) is -3.81. The molecule has 1 N–H and O–H groups in total. The van der Waals surface area contributed by atoms with Crippen LogP contribution in [0.4, 0.5) is 5.69 Å². The monoisotopic (exact) mass is 618 g/mol. The molecule has 2 aromatic heterocycles. The molecule has 11 nitrogen and oxygen atoms in total. The van der Waals surface area contributed by atoms with Crippen LogP contribution in [0.1, 0.15) is 25.7 Å². The molecule has 41 heavy (non-hydrogen) atoms. The second-order valence-corrected chi connectivity index (χ2v) is 13.2. The predicted molar refractivity (Wildman–Crippen MR) is 156 cm³/mol. The molecule has 0 radical (unpaired) electrons. The minimum Gasteiger partial charge on any atom is -0.486 e. The van der Waals surface area contributed by atoms with Gasteiger partial charge < -0.3 is 14.1 Å². The van der Waals surface area contributed by atoms with E-state index in [-0.39, 0.29) is 36.7 Å². The fourth-order valence-electron chi connectivity index (χ4n) is 4.62. The van der Waals surface area contributed by atoms with Crippen LogP contribution in [0.3, 0.4) is 0 Å². The van der Waals surface area contributed by atoms with Crippen molar-refractivity contribution in [3.05, 3.63) is 75.0 Å². The largest absolute Gasteiger partial charge is 0.486 e. The Balaban J connectivity index is 1.17. The number of oxazole rings is 1. The topological polar surface area (TPSA) is 123 Å². The molecule has 0 spiro atoms. The quantitative estimate of drug-likeness (QED) is 0.298. The zero-order valence-electron chi connectivity index (χ0n) is 22.2. The van der Waals surface area contributed by atoms with Gasteiger partial charge in [0.2, 0.25) is 11.6 Å². The van der Waals surface area contributed by atoms with Gasteiger partial charge >= 0.3 is 5.56 Å². The lowest BCUT2D eigenvalue weighted by molar-refractivity contribution is 0.242. The van der Waals surface area contributed by atoms with Gasteiger partial charge in [-0.25, -0.2) is 4.98 Å². The Hall–Kier alpha value is -3.16. The molecular formula is C27H28Cl2N6O5S. The van der Waals surface area contributed by atoms with Gasteiger partial charge in [-0.15, -0.1) is 0 Å². The van der Waals surface area contributed by atoms with E-state index in [9.17, 15) is 13.2 Å². The molecule has 1 aliphatic carbocycles. The van der Waals surface area contributed by atoms with E-state index in [0.29, 0.717) is 52.2 Å². The summed E-state index contributed by atoms with van der Waals surface area (Å²) < 4.78 is 43.0. The average Bonchev–Trinajstić information content (AvgIpc) is 3.55. The molecule has 14 heteroatoms. The number of nitrogens with one attached hydrogen (secondary N) is 1. The molecule has 0 amide bonds. The maximum atomic E-state index is 13.6. The van der Waals surface area contributed by atoms with Crippen LogP contribution in [-0.4, -0.2) is 60.3 Å². The number of aromatic nitrogens is 3. The third-order valence-electron chi connectivity index (χ3n) is 7.35. The first-order valence-electron chi connectivity index (χ1n) is 13.2. The van der Waals surface area contributed by atoms with Crippen LogP contribution in [0.15, 0.2) is 57.9 Å². The van der Waals surface area contributed by atoms with Crippen LogP contribution < -0.4 is 19.9 Å². The summed E-state index contributed by atoms with van der Waals surface area (Å²) in [6, 6.07) is 11.9. The highest BCUT2D eigenvalue weighted by Gasteiger charge is 2.39. The number of halogens is 2. The lowest BCUT2D eigenvalue weighted by Gasteiger charge is -2.35. The second kappa shape index (κ2) is 10.9. The lowest BCUT2D eigenvalue weighted by Crippen LogP contribution is -2.52. The van der Waals surface area contributed by atoms with Crippen LogP contribution in [-0.2, 0) is 16.8 Å². The van der Waals surface area contributed by atoms with Gasteiger partial charge in [0, 0.05) is 41.6 Å². The Bertz CT molecular complexity index is 1760. The fourth-order valence-corrected chi connectivity index (χ4v) is 6.11. The minimum absolute atomic E-state index is 0.0489. The number of hydrogen-bond acceptors (Lipinski definition) is 8. The number of anilines is 1. The normalized spacial score (nSPS) is 17.2. The molecule has 2 aromatic carbocycles. The fraction of sp³-hybridized carbons (Fsp3) is 0.370. The molecule has 2 fully saturated rings. The SMILES string of the molecule is CC1(COc2c(N3CCN(S(=O)(=O)NCc4nc5cc(Cl)ccc5o4)CC3)cnn(-c3cccc(Cl)c3)c2=O)CC1. The van der Waals surface area contributed by atoms with Gasteiger partial charge in [-0.2, -0.15) is 27.2 Å². The molecule has 1 aliphatic heterocycles. The molecule has 2 aliphatic rings. The van der Waals surface area contributed by atoms with E-state index in [2.05, 4.69) is 21.7 Å². The number of nitrogens with zero attached hydrogens (tertiary/aromatic N) is 5. The number of hydrogen-bond donors (Lipinski definition) is 1. The van der Waals surface area contributed by atoms with Crippen molar-refractivity contribution in [1.82, 2.24) is 23.8 Å². The number of rotatable bonds is 9. The summed E-state index contributed by atoms with van der Waals surface area (Å²) in [5, 5.41) is 5.40. The molecule has 3 heterocycles. The summed E-state index contributed by atoms with van der Waals surface area (Å²) >= 11 is 12.1. The Morgan fingerprint density at radius 3 is 2.56 bits per heavy atom. The van der Waals surface area contributed by atoms with E-state index in [1.807, 2.05) is 4.90 Å². The highest BCUT2D eigenvalue weighted by molar-refractivity contribution is 7.87. The third-order valence-corrected chi connectivity index (χ3v) is 9.38. The van der Waals surface area contributed by atoms with Crippen molar-refractivity contribution < 1.29 is 17.6 Å². The standard InChI is InChI=1S/C27H28Cl2N6O5S/c1-27(7-8-27)17-39-25-22(15-30-35(26(25)36)20-4-2-3-18(28)13-20)33-9-11-34(12-10-33)41(37,38)31-16-24-32-21-14-19(29)5-6-23(21)40-24/h2-6,13-15,31H,7-12,16-17H2,1H3. The van der Waals surface area contributed by atoms with Crippen molar-refractivity contribution >= 4 is 50.2 Å². The number of ether oxygens (including phenoxy) is 1. The molecule has 4 aromatic rings. The number of fused-ring (bicyclic) bond motifs is 1. The summed E-state index contributed by atoms with van der Waals surface area (Å²) in [5.74, 6) is 0.431. The van der Waals surface area contributed by atoms with Crippen LogP contribution in [0.5, 0.6) is 5.75 Å². The van der Waals surface area contributed by atoms with E-state index in [4.69, 9.17) is 32.4 Å². The number of benzene rings is 2. The summed E-state index contributed by atoms with van der Waals surface area (Å²) in [6.07, 6.45) is 3.67. The first kappa shape index (κ1) is 28.0. The minimum atomic E-state index is -3.81. The Morgan fingerprint density at radius 2 is 1.83 bits per heavy atom. The summed E-state index contributed by atoms with van der Waals surface area (Å²) in [4.78, 5) is 19.8. The van der Waals surface area contributed by atoms with Gasteiger partial charge in [0.05, 0.1) is 25.0 Å². The van der Waals surface area contributed by atoms with Gasteiger partial charge in [-0.05, 0) is 49.2 Å². The first-order valence-corrected chi connectivity index (χ1v) is 15.4. The van der Waals surface area contributed by atoms with Crippen LogP contribution in [0.25, 0.3) is 16.8 Å². The lowest BCUT2D eigenvalue weighted by atomic mass is 10.2. The van der Waals surface area contributed by atoms with Crippen LogP contribution in [0.2, 0.25) is 10.0 Å². The van der Waals surface area contributed by atoms with Gasteiger partial charge in [-0.1, -0.05) is 36.2 Å². The highest BCUT2D eigenvalue weighted by atomic mass is 35.5. The maximum Gasteiger partial charge on any atom is 0.316 e. The van der Waals surface area contributed by atoms with E-state index >= 15 is 0 Å². The van der Waals surface area contributed by atoms with Gasteiger partial charge in [0.25, 0.3) is 10.2 Å². The van der Waals surface area contributed by atoms with Gasteiger partial charge in [0.15, 0.2) is 5.58 Å². The van der Waals surface area contributed by atoms with Crippen molar-refractivity contribution in [3.8, 4) is 11.4 Å². The summed E-state index contributed by atoms with van der Waals surface area (Å²) in [5.41, 5.74) is 1.79. The Morgan fingerprint density at radius 1 is 1.07 bits per heavy atom. The van der Waals surface area contributed by atoms with E-state index < -0.39 is 15.8 Å².